The van der Waals surface area contributed by atoms with Gasteiger partial charge in [0.1, 0.15) is 5.69 Å². The third-order valence-corrected chi connectivity index (χ3v) is 2.17. The Kier molecular flexibility index (Phi) is 2.40. The van der Waals surface area contributed by atoms with E-state index < -0.39 is 5.91 Å². The number of amides is 1. The van der Waals surface area contributed by atoms with Gasteiger partial charge in [-0.3, -0.25) is 9.89 Å². The predicted octanol–water partition coefficient (Wildman–Crippen LogP) is 1.05. The molecular formula is C11H8N4O. The number of hydrogen-bond acceptors (Lipinski definition) is 3. The minimum atomic E-state index is -0.576. The van der Waals surface area contributed by atoms with Gasteiger partial charge in [0.05, 0.1) is 17.3 Å². The molecule has 16 heavy (non-hydrogen) atoms. The molecule has 0 radical (unpaired) electrons. The van der Waals surface area contributed by atoms with E-state index in [1.807, 2.05) is 0 Å². The second kappa shape index (κ2) is 3.87. The number of hydrogen-bond donors (Lipinski definition) is 2. The monoisotopic (exact) mass is 212 g/mol. The zero-order valence-electron chi connectivity index (χ0n) is 8.27. The summed E-state index contributed by atoms with van der Waals surface area (Å²) in [5.74, 6) is -0.576. The van der Waals surface area contributed by atoms with Crippen LogP contribution in [0.15, 0.2) is 30.3 Å². The molecule has 0 fully saturated rings. The molecule has 3 N–H and O–H groups in total. The van der Waals surface area contributed by atoms with E-state index in [1.165, 1.54) is 6.07 Å². The quantitative estimate of drug-likeness (QED) is 0.778. The molecule has 1 aromatic carbocycles. The van der Waals surface area contributed by atoms with E-state index >= 15 is 0 Å². The number of aromatic amines is 1. The third-order valence-electron chi connectivity index (χ3n) is 2.17. The molecule has 0 saturated heterocycles. The maximum absolute atomic E-state index is 10.9. The summed E-state index contributed by atoms with van der Waals surface area (Å²) in [4.78, 5) is 10.9. The maximum atomic E-state index is 10.9. The standard InChI is InChI=1S/C11H8N4O/c12-6-7-3-1-2-4-8(7)9-5-10(11(13)16)15-14-9/h1-5H,(H2,13,16)(H,14,15). The Morgan fingerprint density at radius 1 is 1.44 bits per heavy atom. The molecular weight excluding hydrogens is 204 g/mol. The molecule has 5 nitrogen and oxygen atoms in total. The molecule has 0 unspecified atom stereocenters. The fraction of sp³-hybridized carbons (Fsp3) is 0. The molecule has 0 atom stereocenters. The van der Waals surface area contributed by atoms with Crippen LogP contribution in [-0.4, -0.2) is 16.1 Å². The summed E-state index contributed by atoms with van der Waals surface area (Å²) in [5, 5.41) is 15.4. The number of aromatic nitrogens is 2. The van der Waals surface area contributed by atoms with Gasteiger partial charge in [-0.05, 0) is 12.1 Å². The summed E-state index contributed by atoms with van der Waals surface area (Å²) in [7, 11) is 0. The van der Waals surface area contributed by atoms with Crippen molar-refractivity contribution in [2.45, 2.75) is 0 Å². The van der Waals surface area contributed by atoms with E-state index in [1.54, 1.807) is 24.3 Å². The van der Waals surface area contributed by atoms with Crippen molar-refractivity contribution in [3.05, 3.63) is 41.6 Å². The van der Waals surface area contributed by atoms with E-state index in [9.17, 15) is 4.79 Å². The Bertz CT molecular complexity index is 580. The number of H-pyrrole nitrogens is 1. The van der Waals surface area contributed by atoms with Crippen LogP contribution in [0.3, 0.4) is 0 Å². The first kappa shape index (κ1) is 9.93. The Hall–Kier alpha value is -2.61. The molecule has 1 heterocycles. The lowest BCUT2D eigenvalue weighted by Crippen LogP contribution is -2.10. The molecule has 0 spiro atoms. The van der Waals surface area contributed by atoms with Crippen molar-refractivity contribution in [2.75, 3.05) is 0 Å². The summed E-state index contributed by atoms with van der Waals surface area (Å²) in [5.41, 5.74) is 7.04. The smallest absolute Gasteiger partial charge is 0.266 e. The SMILES string of the molecule is N#Cc1ccccc1-c1cc(C(N)=O)[nH]n1. The van der Waals surface area contributed by atoms with Gasteiger partial charge in [-0.15, -0.1) is 0 Å². The first-order valence-electron chi connectivity index (χ1n) is 4.57. The maximum Gasteiger partial charge on any atom is 0.266 e. The van der Waals surface area contributed by atoms with Crippen molar-refractivity contribution < 1.29 is 4.79 Å². The lowest BCUT2D eigenvalue weighted by atomic mass is 10.1. The summed E-state index contributed by atoms with van der Waals surface area (Å²) < 4.78 is 0. The van der Waals surface area contributed by atoms with Gasteiger partial charge in [0.2, 0.25) is 0 Å². The van der Waals surface area contributed by atoms with E-state index in [2.05, 4.69) is 16.3 Å². The first-order valence-corrected chi connectivity index (χ1v) is 4.57. The molecule has 78 valence electrons. The van der Waals surface area contributed by atoms with Gasteiger partial charge in [0.25, 0.3) is 5.91 Å². The Labute approximate surface area is 91.5 Å². The number of benzene rings is 1. The molecule has 1 aromatic heterocycles. The van der Waals surface area contributed by atoms with Crippen molar-refractivity contribution >= 4 is 5.91 Å². The zero-order valence-corrected chi connectivity index (χ0v) is 8.27. The number of nitriles is 1. The number of primary amides is 1. The highest BCUT2D eigenvalue weighted by molar-refractivity contribution is 5.92. The van der Waals surface area contributed by atoms with Gasteiger partial charge < -0.3 is 5.73 Å². The second-order valence-electron chi connectivity index (χ2n) is 3.19. The molecule has 0 aliphatic heterocycles. The van der Waals surface area contributed by atoms with E-state index in [0.29, 0.717) is 16.8 Å². The molecule has 2 rings (SSSR count). The summed E-state index contributed by atoms with van der Waals surface area (Å²) >= 11 is 0. The van der Waals surface area contributed by atoms with Crippen LogP contribution >= 0.6 is 0 Å². The van der Waals surface area contributed by atoms with Crippen LogP contribution in [0.2, 0.25) is 0 Å². The molecule has 1 amide bonds. The van der Waals surface area contributed by atoms with Crippen LogP contribution in [0.25, 0.3) is 11.3 Å². The van der Waals surface area contributed by atoms with Gasteiger partial charge >= 0.3 is 0 Å². The zero-order chi connectivity index (χ0) is 11.5. The summed E-state index contributed by atoms with van der Waals surface area (Å²) in [6.07, 6.45) is 0. The highest BCUT2D eigenvalue weighted by Crippen LogP contribution is 2.21. The van der Waals surface area contributed by atoms with Crippen LogP contribution in [0.1, 0.15) is 16.1 Å². The van der Waals surface area contributed by atoms with Gasteiger partial charge in [-0.2, -0.15) is 10.4 Å². The summed E-state index contributed by atoms with van der Waals surface area (Å²) in [6.45, 7) is 0. The highest BCUT2D eigenvalue weighted by atomic mass is 16.1. The van der Waals surface area contributed by atoms with E-state index in [4.69, 9.17) is 11.0 Å². The van der Waals surface area contributed by atoms with Crippen molar-refractivity contribution in [3.63, 3.8) is 0 Å². The fourth-order valence-electron chi connectivity index (χ4n) is 1.39. The molecule has 0 aliphatic carbocycles. The van der Waals surface area contributed by atoms with Crippen molar-refractivity contribution in [2.24, 2.45) is 5.73 Å². The van der Waals surface area contributed by atoms with Crippen LogP contribution < -0.4 is 5.73 Å². The average molecular weight is 212 g/mol. The van der Waals surface area contributed by atoms with Gasteiger partial charge in [0, 0.05) is 5.56 Å². The normalized spacial score (nSPS) is 9.69. The fourth-order valence-corrected chi connectivity index (χ4v) is 1.39. The minimum Gasteiger partial charge on any atom is -0.364 e. The Morgan fingerprint density at radius 3 is 2.81 bits per heavy atom. The highest BCUT2D eigenvalue weighted by Gasteiger charge is 2.10. The van der Waals surface area contributed by atoms with Crippen molar-refractivity contribution in [3.8, 4) is 17.3 Å². The van der Waals surface area contributed by atoms with Gasteiger partial charge in [0.15, 0.2) is 0 Å². The molecule has 2 aromatic rings. The van der Waals surface area contributed by atoms with E-state index in [0.717, 1.165) is 0 Å². The summed E-state index contributed by atoms with van der Waals surface area (Å²) in [6, 6.07) is 10.6. The van der Waals surface area contributed by atoms with Crippen molar-refractivity contribution in [1.29, 1.82) is 5.26 Å². The lowest BCUT2D eigenvalue weighted by Gasteiger charge is -1.97. The van der Waals surface area contributed by atoms with Crippen molar-refractivity contribution in [1.82, 2.24) is 10.2 Å². The Morgan fingerprint density at radius 2 is 2.19 bits per heavy atom. The number of carbonyl (C=O) groups excluding carboxylic acids is 1. The topological polar surface area (TPSA) is 95.6 Å². The van der Waals surface area contributed by atoms with Crippen LogP contribution in [0.4, 0.5) is 0 Å². The number of nitrogens with zero attached hydrogens (tertiary/aromatic N) is 2. The average Bonchev–Trinajstić information content (AvgIpc) is 2.78. The first-order chi connectivity index (χ1) is 7.72. The van der Waals surface area contributed by atoms with Gasteiger partial charge in [-0.25, -0.2) is 0 Å². The Balaban J connectivity index is 2.51. The minimum absolute atomic E-state index is 0.225. The predicted molar refractivity (Wildman–Crippen MR) is 57.3 cm³/mol. The van der Waals surface area contributed by atoms with Crippen LogP contribution in [0, 0.1) is 11.3 Å². The largest absolute Gasteiger partial charge is 0.364 e. The van der Waals surface area contributed by atoms with Crippen LogP contribution in [-0.2, 0) is 0 Å². The lowest BCUT2D eigenvalue weighted by molar-refractivity contribution is 0.0995. The number of nitrogens with two attached hydrogens (primary N) is 1. The molecule has 0 aliphatic rings. The molecule has 5 heteroatoms. The number of rotatable bonds is 2. The molecule has 0 bridgehead atoms. The van der Waals surface area contributed by atoms with Gasteiger partial charge in [-0.1, -0.05) is 18.2 Å². The third kappa shape index (κ3) is 1.64. The van der Waals surface area contributed by atoms with Crippen LogP contribution in [0.5, 0.6) is 0 Å². The number of nitrogens with one attached hydrogen (secondary N) is 1. The molecule has 0 saturated carbocycles. The number of carbonyl (C=O) groups is 1. The second-order valence-corrected chi connectivity index (χ2v) is 3.19. The van der Waals surface area contributed by atoms with E-state index in [-0.39, 0.29) is 5.69 Å².